The first-order valence-electron chi connectivity index (χ1n) is 7.49. The predicted octanol–water partition coefficient (Wildman–Crippen LogP) is 1.29. The summed E-state index contributed by atoms with van der Waals surface area (Å²) < 4.78 is 11.4. The molecule has 110 valence electrons. The second kappa shape index (κ2) is 7.10. The van der Waals surface area contributed by atoms with Crippen LogP contribution >= 0.6 is 0 Å². The Morgan fingerprint density at radius 3 is 2.84 bits per heavy atom. The van der Waals surface area contributed by atoms with E-state index in [1.807, 2.05) is 0 Å². The Bertz CT molecular complexity index is 295. The van der Waals surface area contributed by atoms with Crippen molar-refractivity contribution >= 4 is 5.96 Å². The van der Waals surface area contributed by atoms with Crippen LogP contribution in [-0.2, 0) is 9.47 Å². The molecule has 2 saturated heterocycles. The van der Waals surface area contributed by atoms with Crippen LogP contribution in [0.5, 0.6) is 0 Å². The van der Waals surface area contributed by atoms with E-state index in [1.165, 1.54) is 6.42 Å². The summed E-state index contributed by atoms with van der Waals surface area (Å²) in [6, 6.07) is 0. The van der Waals surface area contributed by atoms with Crippen LogP contribution in [0.2, 0.25) is 0 Å². The lowest BCUT2D eigenvalue weighted by Gasteiger charge is -2.22. The van der Waals surface area contributed by atoms with Crippen LogP contribution in [0.3, 0.4) is 0 Å². The summed E-state index contributed by atoms with van der Waals surface area (Å²) >= 11 is 0. The summed E-state index contributed by atoms with van der Waals surface area (Å²) in [5.41, 5.74) is -0.0772. The van der Waals surface area contributed by atoms with E-state index in [-0.39, 0.29) is 5.60 Å². The molecule has 2 atom stereocenters. The number of hydrogen-bond donors (Lipinski definition) is 2. The first-order chi connectivity index (χ1) is 9.22. The highest BCUT2D eigenvalue weighted by molar-refractivity contribution is 5.79. The van der Waals surface area contributed by atoms with Crippen LogP contribution in [0.25, 0.3) is 0 Å². The predicted molar refractivity (Wildman–Crippen MR) is 76.5 cm³/mol. The fourth-order valence-corrected chi connectivity index (χ4v) is 2.57. The van der Waals surface area contributed by atoms with E-state index in [9.17, 15) is 0 Å². The van der Waals surface area contributed by atoms with Crippen molar-refractivity contribution in [2.24, 2.45) is 4.99 Å². The number of nitrogens with one attached hydrogen (secondary N) is 2. The topological polar surface area (TPSA) is 54.9 Å². The molecule has 0 radical (unpaired) electrons. The molecule has 0 aromatic heterocycles. The molecule has 2 unspecified atom stereocenters. The molecule has 0 amide bonds. The number of nitrogens with zero attached hydrogens (tertiary/aromatic N) is 1. The maximum absolute atomic E-state index is 5.76. The molecule has 5 heteroatoms. The Balaban J connectivity index is 1.79. The van der Waals surface area contributed by atoms with Crippen LogP contribution in [-0.4, -0.2) is 50.5 Å². The van der Waals surface area contributed by atoms with Crippen molar-refractivity contribution in [2.75, 3.05) is 32.8 Å². The Kier molecular flexibility index (Phi) is 5.45. The number of rotatable bonds is 5. The lowest BCUT2D eigenvalue weighted by atomic mass is 10.0. The average molecular weight is 269 g/mol. The largest absolute Gasteiger partial charge is 0.376 e. The lowest BCUT2D eigenvalue weighted by molar-refractivity contribution is 0.0283. The first-order valence-corrected chi connectivity index (χ1v) is 7.49. The van der Waals surface area contributed by atoms with Crippen LogP contribution in [0.15, 0.2) is 4.99 Å². The minimum atomic E-state index is -0.0772. The van der Waals surface area contributed by atoms with E-state index >= 15 is 0 Å². The van der Waals surface area contributed by atoms with Gasteiger partial charge in [-0.15, -0.1) is 0 Å². The van der Waals surface area contributed by atoms with Crippen molar-refractivity contribution in [3.05, 3.63) is 0 Å². The monoisotopic (exact) mass is 269 g/mol. The minimum Gasteiger partial charge on any atom is -0.376 e. The summed E-state index contributed by atoms with van der Waals surface area (Å²) in [5, 5.41) is 6.64. The average Bonchev–Trinajstić information content (AvgIpc) is 3.05. The molecule has 2 N–H and O–H groups in total. The van der Waals surface area contributed by atoms with Crippen molar-refractivity contribution in [2.45, 2.75) is 51.2 Å². The zero-order valence-electron chi connectivity index (χ0n) is 12.2. The Morgan fingerprint density at radius 2 is 2.21 bits per heavy atom. The third-order valence-corrected chi connectivity index (χ3v) is 3.74. The van der Waals surface area contributed by atoms with Crippen LogP contribution in [0.1, 0.15) is 39.5 Å². The Morgan fingerprint density at radius 1 is 1.32 bits per heavy atom. The molecule has 0 aliphatic carbocycles. The highest BCUT2D eigenvalue weighted by Crippen LogP contribution is 2.24. The van der Waals surface area contributed by atoms with E-state index in [0.29, 0.717) is 12.6 Å². The molecule has 19 heavy (non-hydrogen) atoms. The fourth-order valence-electron chi connectivity index (χ4n) is 2.57. The number of ether oxygens (including phenoxy) is 2. The second-order valence-electron chi connectivity index (χ2n) is 5.61. The van der Waals surface area contributed by atoms with Crippen LogP contribution in [0.4, 0.5) is 0 Å². The zero-order chi connectivity index (χ0) is 13.6. The molecular formula is C14H27N3O2. The van der Waals surface area contributed by atoms with Crippen molar-refractivity contribution in [3.63, 3.8) is 0 Å². The third-order valence-electron chi connectivity index (χ3n) is 3.74. The standard InChI is InChI=1S/C14H27N3O2/c1-3-15-13(16-10-12-6-4-8-18-12)17-11-14(2)7-5-9-19-14/h12H,3-11H2,1-2H3,(H2,15,16,17). The zero-order valence-corrected chi connectivity index (χ0v) is 12.2. The quantitative estimate of drug-likeness (QED) is 0.583. The summed E-state index contributed by atoms with van der Waals surface area (Å²) in [4.78, 5) is 4.64. The van der Waals surface area contributed by atoms with E-state index in [1.54, 1.807) is 0 Å². The molecule has 0 spiro atoms. The SMILES string of the molecule is CCNC(=NCC1(C)CCCO1)NCC1CCCO1. The van der Waals surface area contributed by atoms with Gasteiger partial charge in [0.15, 0.2) is 5.96 Å². The van der Waals surface area contributed by atoms with Crippen molar-refractivity contribution in [1.82, 2.24) is 10.6 Å². The highest BCUT2D eigenvalue weighted by Gasteiger charge is 2.29. The van der Waals surface area contributed by atoms with Crippen molar-refractivity contribution < 1.29 is 9.47 Å². The van der Waals surface area contributed by atoms with Gasteiger partial charge in [0, 0.05) is 26.3 Å². The smallest absolute Gasteiger partial charge is 0.191 e. The van der Waals surface area contributed by atoms with E-state index in [0.717, 1.165) is 51.5 Å². The van der Waals surface area contributed by atoms with Gasteiger partial charge in [0.25, 0.3) is 0 Å². The van der Waals surface area contributed by atoms with E-state index < -0.39 is 0 Å². The number of hydrogen-bond acceptors (Lipinski definition) is 3. The second-order valence-corrected chi connectivity index (χ2v) is 5.61. The van der Waals surface area contributed by atoms with Crippen molar-refractivity contribution in [3.8, 4) is 0 Å². The molecular weight excluding hydrogens is 242 g/mol. The van der Waals surface area contributed by atoms with Gasteiger partial charge in [-0.2, -0.15) is 0 Å². The Hall–Kier alpha value is -0.810. The van der Waals surface area contributed by atoms with E-state index in [4.69, 9.17) is 9.47 Å². The molecule has 0 aromatic rings. The number of guanidine groups is 1. The first kappa shape index (κ1) is 14.6. The summed E-state index contributed by atoms with van der Waals surface area (Å²) in [5.74, 6) is 0.870. The van der Waals surface area contributed by atoms with Gasteiger partial charge in [0.2, 0.25) is 0 Å². The van der Waals surface area contributed by atoms with Gasteiger partial charge >= 0.3 is 0 Å². The van der Waals surface area contributed by atoms with Crippen LogP contribution < -0.4 is 10.6 Å². The fraction of sp³-hybridized carbons (Fsp3) is 0.929. The molecule has 2 heterocycles. The van der Waals surface area contributed by atoms with Gasteiger partial charge in [-0.25, -0.2) is 0 Å². The Labute approximate surface area is 116 Å². The summed E-state index contributed by atoms with van der Waals surface area (Å²) in [6.07, 6.45) is 4.90. The highest BCUT2D eigenvalue weighted by atomic mass is 16.5. The molecule has 2 fully saturated rings. The molecule has 0 bridgehead atoms. The molecule has 2 aliphatic rings. The van der Waals surface area contributed by atoms with Gasteiger partial charge in [0.1, 0.15) is 0 Å². The van der Waals surface area contributed by atoms with Crippen molar-refractivity contribution in [1.29, 1.82) is 0 Å². The van der Waals surface area contributed by atoms with Gasteiger partial charge in [0.05, 0.1) is 18.2 Å². The lowest BCUT2D eigenvalue weighted by Crippen LogP contribution is -2.42. The third kappa shape index (κ3) is 4.66. The normalized spacial score (nSPS) is 31.7. The molecule has 0 aromatic carbocycles. The van der Waals surface area contributed by atoms with E-state index in [2.05, 4.69) is 29.5 Å². The van der Waals surface area contributed by atoms with Gasteiger partial charge < -0.3 is 20.1 Å². The molecule has 5 nitrogen and oxygen atoms in total. The van der Waals surface area contributed by atoms with Gasteiger partial charge in [-0.05, 0) is 39.5 Å². The minimum absolute atomic E-state index is 0.0772. The maximum atomic E-state index is 5.76. The molecule has 0 saturated carbocycles. The molecule has 2 aliphatic heterocycles. The number of aliphatic imine (C=N–C) groups is 1. The summed E-state index contributed by atoms with van der Waals surface area (Å²) in [7, 11) is 0. The molecule has 2 rings (SSSR count). The van der Waals surface area contributed by atoms with Gasteiger partial charge in [-0.3, -0.25) is 4.99 Å². The van der Waals surface area contributed by atoms with Gasteiger partial charge in [-0.1, -0.05) is 0 Å². The summed E-state index contributed by atoms with van der Waals surface area (Å²) in [6.45, 7) is 8.41. The van der Waals surface area contributed by atoms with Crippen LogP contribution in [0, 0.1) is 0 Å². The maximum Gasteiger partial charge on any atom is 0.191 e.